The van der Waals surface area contributed by atoms with E-state index in [1.807, 2.05) is 11.8 Å². The SMILES string of the molecule is Cc1nc(C)n(CC(=O)N2CCN(c3sc(C(F)(F)F)nc3-c3nc4c(F)cc(N5CCOCC5)cc4[nH]3)C[C@H]2C)n1. The first-order valence-electron chi connectivity index (χ1n) is 13.5. The van der Waals surface area contributed by atoms with Gasteiger partial charge < -0.3 is 24.4 Å². The molecule has 0 radical (unpaired) electrons. The molecule has 1 atom stereocenters. The number of nitrogens with one attached hydrogen (secondary N) is 1. The van der Waals surface area contributed by atoms with Crippen LogP contribution in [0.5, 0.6) is 0 Å². The molecule has 0 unspecified atom stereocenters. The van der Waals surface area contributed by atoms with Gasteiger partial charge in [0.2, 0.25) is 10.9 Å². The molecule has 224 valence electrons. The minimum atomic E-state index is -4.67. The summed E-state index contributed by atoms with van der Waals surface area (Å²) in [6.07, 6.45) is -4.67. The van der Waals surface area contributed by atoms with Gasteiger partial charge in [-0.3, -0.25) is 4.79 Å². The van der Waals surface area contributed by atoms with E-state index >= 15 is 4.39 Å². The molecule has 42 heavy (non-hydrogen) atoms. The molecule has 11 nitrogen and oxygen atoms in total. The molecule has 0 spiro atoms. The molecule has 3 aromatic heterocycles. The van der Waals surface area contributed by atoms with Crippen molar-refractivity contribution in [1.29, 1.82) is 0 Å². The van der Waals surface area contributed by atoms with Crippen molar-refractivity contribution in [2.75, 3.05) is 55.7 Å². The highest BCUT2D eigenvalue weighted by Gasteiger charge is 2.39. The molecule has 2 aliphatic heterocycles. The Hall–Kier alpha value is -3.79. The summed E-state index contributed by atoms with van der Waals surface area (Å²) in [5.74, 6) is 0.509. The smallest absolute Gasteiger partial charge is 0.378 e. The van der Waals surface area contributed by atoms with Crippen LogP contribution < -0.4 is 9.80 Å². The lowest BCUT2D eigenvalue weighted by molar-refractivity contribution is -0.137. The molecule has 1 amide bonds. The van der Waals surface area contributed by atoms with Crippen molar-refractivity contribution in [2.24, 2.45) is 0 Å². The molecule has 2 aliphatic rings. The number of aromatic amines is 1. The number of imidazole rings is 1. The summed E-state index contributed by atoms with van der Waals surface area (Å²) < 4.78 is 63.6. The minimum Gasteiger partial charge on any atom is -0.378 e. The molecule has 1 N–H and O–H groups in total. The van der Waals surface area contributed by atoms with Crippen LogP contribution in [0.1, 0.15) is 23.6 Å². The maximum absolute atomic E-state index is 15.1. The van der Waals surface area contributed by atoms with E-state index in [9.17, 15) is 18.0 Å². The van der Waals surface area contributed by atoms with E-state index in [0.717, 1.165) is 0 Å². The molecule has 4 aromatic rings. The number of alkyl halides is 3. The fourth-order valence-corrected chi connectivity index (χ4v) is 6.39. The molecule has 5 heterocycles. The summed E-state index contributed by atoms with van der Waals surface area (Å²) >= 11 is 0.515. The summed E-state index contributed by atoms with van der Waals surface area (Å²) in [7, 11) is 0. The Balaban J connectivity index is 1.28. The number of anilines is 2. The highest BCUT2D eigenvalue weighted by Crippen LogP contribution is 2.43. The summed E-state index contributed by atoms with van der Waals surface area (Å²) in [5, 5.41) is 3.49. The van der Waals surface area contributed by atoms with Gasteiger partial charge in [-0.1, -0.05) is 11.3 Å². The van der Waals surface area contributed by atoms with Gasteiger partial charge >= 0.3 is 6.18 Å². The van der Waals surface area contributed by atoms with Gasteiger partial charge in [0, 0.05) is 44.5 Å². The first kappa shape index (κ1) is 28.3. The number of ether oxygens (including phenoxy) is 1. The number of hydrogen-bond donors (Lipinski definition) is 1. The summed E-state index contributed by atoms with van der Waals surface area (Å²) in [4.78, 5) is 34.0. The van der Waals surface area contributed by atoms with Crippen LogP contribution in [0.4, 0.5) is 28.3 Å². The van der Waals surface area contributed by atoms with Crippen LogP contribution >= 0.6 is 11.3 Å². The first-order chi connectivity index (χ1) is 20.0. The number of hydrogen-bond acceptors (Lipinski definition) is 9. The van der Waals surface area contributed by atoms with Gasteiger partial charge in [-0.15, -0.1) is 0 Å². The number of thiazole rings is 1. The third-order valence-electron chi connectivity index (χ3n) is 7.46. The Morgan fingerprint density at radius 1 is 1.10 bits per heavy atom. The average Bonchev–Trinajstić information content (AvgIpc) is 3.65. The average molecular weight is 608 g/mol. The molecule has 0 aliphatic carbocycles. The number of carbonyl (C=O) groups excluding carboxylic acids is 1. The van der Waals surface area contributed by atoms with E-state index in [1.54, 1.807) is 34.4 Å². The zero-order chi connectivity index (χ0) is 29.8. The van der Waals surface area contributed by atoms with Gasteiger partial charge in [-0.25, -0.2) is 24.0 Å². The number of morpholine rings is 1. The maximum Gasteiger partial charge on any atom is 0.443 e. The number of halogens is 4. The number of fused-ring (bicyclic) bond motifs is 1. The standard InChI is InChI=1S/C26H29F4N9O2S/c1-14-12-37(4-5-38(14)20(40)13-39-16(3)31-15(2)35-39)24-22(34-25(42-24)26(28,29)30)23-32-19-11-17(10-18(27)21(19)33-23)36-6-8-41-9-7-36/h10-11,14H,4-9,12-13H2,1-3H3,(H,32,33)/t14-/m1/s1. The van der Waals surface area contributed by atoms with Crippen LogP contribution in [0.3, 0.4) is 0 Å². The van der Waals surface area contributed by atoms with Crippen molar-refractivity contribution in [2.45, 2.75) is 39.5 Å². The molecule has 2 saturated heterocycles. The van der Waals surface area contributed by atoms with Crippen molar-refractivity contribution in [3.05, 3.63) is 34.6 Å². The number of carbonyl (C=O) groups is 1. The van der Waals surface area contributed by atoms with Gasteiger partial charge in [0.1, 0.15) is 34.4 Å². The van der Waals surface area contributed by atoms with Crippen LogP contribution in [0.15, 0.2) is 12.1 Å². The van der Waals surface area contributed by atoms with Crippen LogP contribution in [0.2, 0.25) is 0 Å². The number of rotatable bonds is 5. The highest BCUT2D eigenvalue weighted by molar-refractivity contribution is 7.16. The molecule has 6 rings (SSSR count). The van der Waals surface area contributed by atoms with Crippen molar-refractivity contribution >= 4 is 39.0 Å². The second-order valence-electron chi connectivity index (χ2n) is 10.4. The molecule has 16 heteroatoms. The van der Waals surface area contributed by atoms with E-state index in [1.165, 1.54) is 6.07 Å². The number of nitrogens with zero attached hydrogens (tertiary/aromatic N) is 8. The van der Waals surface area contributed by atoms with Crippen molar-refractivity contribution in [3.8, 4) is 11.5 Å². The largest absolute Gasteiger partial charge is 0.443 e. The van der Waals surface area contributed by atoms with Gasteiger partial charge in [-0.05, 0) is 32.9 Å². The summed E-state index contributed by atoms with van der Waals surface area (Å²) in [6.45, 7) is 8.49. The normalized spacial score (nSPS) is 18.4. The molecule has 1 aromatic carbocycles. The Morgan fingerprint density at radius 3 is 2.52 bits per heavy atom. The number of aromatic nitrogens is 6. The van der Waals surface area contributed by atoms with E-state index in [2.05, 4.69) is 25.0 Å². The minimum absolute atomic E-state index is 0.00320. The Kier molecular flexibility index (Phi) is 7.29. The maximum atomic E-state index is 15.1. The third kappa shape index (κ3) is 5.40. The lowest BCUT2D eigenvalue weighted by Crippen LogP contribution is -2.54. The molecular weight excluding hydrogens is 578 g/mol. The Morgan fingerprint density at radius 2 is 1.86 bits per heavy atom. The summed E-state index contributed by atoms with van der Waals surface area (Å²) in [5.41, 5.74) is 1.02. The number of benzene rings is 1. The fourth-order valence-electron chi connectivity index (χ4n) is 5.42. The third-order valence-corrected chi connectivity index (χ3v) is 8.62. The number of piperazine rings is 1. The summed E-state index contributed by atoms with van der Waals surface area (Å²) in [6, 6.07) is 2.81. The second kappa shape index (κ2) is 10.8. The lowest BCUT2D eigenvalue weighted by Gasteiger charge is -2.40. The lowest BCUT2D eigenvalue weighted by atomic mass is 10.2. The predicted octanol–water partition coefficient (Wildman–Crippen LogP) is 3.63. The number of aryl methyl sites for hydroxylation is 2. The monoisotopic (exact) mass is 607 g/mol. The van der Waals surface area contributed by atoms with Gasteiger partial charge in [-0.2, -0.15) is 18.3 Å². The fraction of sp³-hybridized carbons (Fsp3) is 0.500. The van der Waals surface area contributed by atoms with Crippen LogP contribution in [-0.2, 0) is 22.3 Å². The first-order valence-corrected chi connectivity index (χ1v) is 14.3. The Labute approximate surface area is 242 Å². The van der Waals surface area contributed by atoms with E-state index in [-0.39, 0.29) is 53.6 Å². The van der Waals surface area contributed by atoms with Crippen molar-refractivity contribution in [1.82, 2.24) is 34.6 Å². The van der Waals surface area contributed by atoms with Crippen LogP contribution in [0.25, 0.3) is 22.6 Å². The van der Waals surface area contributed by atoms with E-state index in [0.29, 0.717) is 67.0 Å². The van der Waals surface area contributed by atoms with Gasteiger partial charge in [0.05, 0.1) is 18.7 Å². The molecule has 0 bridgehead atoms. The number of amides is 1. The zero-order valence-corrected chi connectivity index (χ0v) is 24.0. The second-order valence-corrected chi connectivity index (χ2v) is 11.4. The van der Waals surface area contributed by atoms with E-state index < -0.39 is 17.0 Å². The highest BCUT2D eigenvalue weighted by atomic mass is 32.1. The van der Waals surface area contributed by atoms with Gasteiger partial charge in [0.25, 0.3) is 0 Å². The molecular formula is C26H29F4N9O2S. The van der Waals surface area contributed by atoms with Crippen LogP contribution in [0, 0.1) is 19.7 Å². The number of H-pyrrole nitrogens is 1. The molecule has 0 saturated carbocycles. The predicted molar refractivity (Wildman–Crippen MR) is 148 cm³/mol. The van der Waals surface area contributed by atoms with Crippen LogP contribution in [-0.4, -0.2) is 92.5 Å². The van der Waals surface area contributed by atoms with Crippen molar-refractivity contribution in [3.63, 3.8) is 0 Å². The quantitative estimate of drug-likeness (QED) is 0.343. The molecule has 2 fully saturated rings. The Bertz CT molecular complexity index is 1630. The van der Waals surface area contributed by atoms with Gasteiger partial charge in [0.15, 0.2) is 11.6 Å². The topological polar surface area (TPSA) is 108 Å². The van der Waals surface area contributed by atoms with Crippen molar-refractivity contribution < 1.29 is 27.1 Å². The van der Waals surface area contributed by atoms with E-state index in [4.69, 9.17) is 4.74 Å². The zero-order valence-electron chi connectivity index (χ0n) is 23.2.